The first-order valence-corrected chi connectivity index (χ1v) is 6.62. The Morgan fingerprint density at radius 1 is 1.42 bits per heavy atom. The standard InChI is InChI=1S/C13H12BrClN2O2/c1-19-11-3-2-7(4-10(11)14)12(18)9-5-8(15)6-17-13(9)16/h2-6,12,18H,1H3,(H2,16,17). The molecule has 0 fully saturated rings. The van der Waals surface area contributed by atoms with E-state index in [1.54, 1.807) is 31.4 Å². The third-order valence-electron chi connectivity index (χ3n) is 2.70. The molecule has 0 radical (unpaired) electrons. The molecule has 3 N–H and O–H groups in total. The van der Waals surface area contributed by atoms with Gasteiger partial charge in [0.1, 0.15) is 17.7 Å². The fraction of sp³-hybridized carbons (Fsp3) is 0.154. The SMILES string of the molecule is COc1ccc(C(O)c2cc(Cl)cnc2N)cc1Br. The van der Waals surface area contributed by atoms with Crippen molar-refractivity contribution in [2.45, 2.75) is 6.10 Å². The molecule has 0 aliphatic rings. The van der Waals surface area contributed by atoms with Gasteiger partial charge in [-0.1, -0.05) is 17.7 Å². The normalized spacial score (nSPS) is 12.2. The summed E-state index contributed by atoms with van der Waals surface area (Å²) in [6.07, 6.45) is 0.547. The summed E-state index contributed by atoms with van der Waals surface area (Å²) < 4.78 is 5.89. The minimum atomic E-state index is -0.895. The number of hydrogen-bond donors (Lipinski definition) is 2. The number of methoxy groups -OCH3 is 1. The van der Waals surface area contributed by atoms with Crippen LogP contribution in [0.3, 0.4) is 0 Å². The van der Waals surface area contributed by atoms with Crippen LogP contribution in [0.15, 0.2) is 34.9 Å². The number of aromatic nitrogens is 1. The molecule has 0 bridgehead atoms. The third kappa shape index (κ3) is 3.00. The number of nitrogen functional groups attached to an aromatic ring is 1. The van der Waals surface area contributed by atoms with Crippen LogP contribution in [0.4, 0.5) is 5.82 Å². The molecule has 0 saturated heterocycles. The minimum Gasteiger partial charge on any atom is -0.496 e. The summed E-state index contributed by atoms with van der Waals surface area (Å²) in [4.78, 5) is 3.93. The average Bonchev–Trinajstić information content (AvgIpc) is 2.40. The molecular weight excluding hydrogens is 332 g/mol. The predicted octanol–water partition coefficient (Wildman–Crippen LogP) is 3.17. The molecule has 6 heteroatoms. The van der Waals surface area contributed by atoms with Crippen molar-refractivity contribution in [3.63, 3.8) is 0 Å². The van der Waals surface area contributed by atoms with Gasteiger partial charge in [-0.2, -0.15) is 0 Å². The highest BCUT2D eigenvalue weighted by molar-refractivity contribution is 9.10. The van der Waals surface area contributed by atoms with Gasteiger partial charge in [0.05, 0.1) is 16.6 Å². The lowest BCUT2D eigenvalue weighted by atomic mass is 10.0. The number of anilines is 1. The van der Waals surface area contributed by atoms with E-state index in [0.29, 0.717) is 21.9 Å². The Labute approximate surface area is 124 Å². The maximum atomic E-state index is 10.3. The molecule has 0 spiro atoms. The Kier molecular flexibility index (Phi) is 4.29. The van der Waals surface area contributed by atoms with Gasteiger partial charge >= 0.3 is 0 Å². The molecule has 0 aliphatic carbocycles. The quantitative estimate of drug-likeness (QED) is 0.898. The molecule has 0 amide bonds. The van der Waals surface area contributed by atoms with E-state index < -0.39 is 6.10 Å². The molecular formula is C13H12BrClN2O2. The van der Waals surface area contributed by atoms with E-state index in [1.807, 2.05) is 0 Å². The molecule has 0 aliphatic heterocycles. The Morgan fingerprint density at radius 2 is 2.16 bits per heavy atom. The van der Waals surface area contributed by atoms with E-state index in [-0.39, 0.29) is 5.82 Å². The van der Waals surface area contributed by atoms with Crippen LogP contribution in [0.25, 0.3) is 0 Å². The zero-order valence-corrected chi connectivity index (χ0v) is 12.4. The lowest BCUT2D eigenvalue weighted by Gasteiger charge is -2.14. The summed E-state index contributed by atoms with van der Waals surface area (Å²) in [6, 6.07) is 6.89. The number of nitrogens with zero attached hydrogens (tertiary/aromatic N) is 1. The summed E-state index contributed by atoms with van der Waals surface area (Å²) in [5.41, 5.74) is 6.90. The molecule has 19 heavy (non-hydrogen) atoms. The Balaban J connectivity index is 2.41. The fourth-order valence-electron chi connectivity index (χ4n) is 1.72. The van der Waals surface area contributed by atoms with Crippen molar-refractivity contribution in [3.8, 4) is 5.75 Å². The van der Waals surface area contributed by atoms with Gasteiger partial charge in [0.2, 0.25) is 0 Å². The largest absolute Gasteiger partial charge is 0.496 e. The number of aliphatic hydroxyl groups is 1. The predicted molar refractivity (Wildman–Crippen MR) is 78.4 cm³/mol. The van der Waals surface area contributed by atoms with Crippen LogP contribution in [0.1, 0.15) is 17.2 Å². The number of nitrogens with two attached hydrogens (primary N) is 1. The van der Waals surface area contributed by atoms with E-state index in [1.165, 1.54) is 6.20 Å². The third-order valence-corrected chi connectivity index (χ3v) is 3.53. The van der Waals surface area contributed by atoms with E-state index in [0.717, 1.165) is 4.47 Å². The Morgan fingerprint density at radius 3 is 2.79 bits per heavy atom. The van der Waals surface area contributed by atoms with E-state index in [9.17, 15) is 5.11 Å². The summed E-state index contributed by atoms with van der Waals surface area (Å²) in [7, 11) is 1.58. The van der Waals surface area contributed by atoms with Crippen molar-refractivity contribution in [1.29, 1.82) is 0 Å². The highest BCUT2D eigenvalue weighted by Crippen LogP contribution is 2.32. The van der Waals surface area contributed by atoms with Gasteiger partial charge in [0.25, 0.3) is 0 Å². The zero-order valence-electron chi connectivity index (χ0n) is 10.1. The van der Waals surface area contributed by atoms with E-state index in [4.69, 9.17) is 22.1 Å². The van der Waals surface area contributed by atoms with Crippen LogP contribution < -0.4 is 10.5 Å². The van der Waals surface area contributed by atoms with Gasteiger partial charge in [-0.25, -0.2) is 4.98 Å². The second-order valence-corrected chi connectivity index (χ2v) is 5.22. The van der Waals surface area contributed by atoms with Gasteiger partial charge < -0.3 is 15.6 Å². The van der Waals surface area contributed by atoms with Gasteiger partial charge in [-0.05, 0) is 39.7 Å². The van der Waals surface area contributed by atoms with Crippen molar-refractivity contribution >= 4 is 33.3 Å². The summed E-state index contributed by atoms with van der Waals surface area (Å²) in [5, 5.41) is 10.8. The number of hydrogen-bond acceptors (Lipinski definition) is 4. The maximum absolute atomic E-state index is 10.3. The second-order valence-electron chi connectivity index (χ2n) is 3.92. The van der Waals surface area contributed by atoms with Crippen LogP contribution in [0.5, 0.6) is 5.75 Å². The molecule has 4 nitrogen and oxygen atoms in total. The first-order chi connectivity index (χ1) is 9.02. The van der Waals surface area contributed by atoms with Crippen molar-refractivity contribution in [3.05, 3.63) is 51.1 Å². The second kappa shape index (κ2) is 5.77. The van der Waals surface area contributed by atoms with Crippen LogP contribution in [-0.2, 0) is 0 Å². The van der Waals surface area contributed by atoms with Crippen molar-refractivity contribution in [1.82, 2.24) is 4.98 Å². The van der Waals surface area contributed by atoms with E-state index >= 15 is 0 Å². The molecule has 100 valence electrons. The van der Waals surface area contributed by atoms with Crippen LogP contribution >= 0.6 is 27.5 Å². The lowest BCUT2D eigenvalue weighted by molar-refractivity contribution is 0.220. The van der Waals surface area contributed by atoms with Crippen molar-refractivity contribution in [2.24, 2.45) is 0 Å². The number of halogens is 2. The smallest absolute Gasteiger partial charge is 0.133 e. The summed E-state index contributed by atoms with van der Waals surface area (Å²) in [5.74, 6) is 0.942. The highest BCUT2D eigenvalue weighted by atomic mass is 79.9. The first kappa shape index (κ1) is 14.1. The summed E-state index contributed by atoms with van der Waals surface area (Å²) in [6.45, 7) is 0. The minimum absolute atomic E-state index is 0.254. The van der Waals surface area contributed by atoms with Gasteiger partial charge in [0.15, 0.2) is 0 Å². The monoisotopic (exact) mass is 342 g/mol. The fourth-order valence-corrected chi connectivity index (χ4v) is 2.44. The molecule has 1 unspecified atom stereocenters. The number of aliphatic hydroxyl groups excluding tert-OH is 1. The molecule has 1 aromatic heterocycles. The number of benzene rings is 1. The Bertz CT molecular complexity index is 607. The van der Waals surface area contributed by atoms with E-state index in [2.05, 4.69) is 20.9 Å². The molecule has 1 aromatic carbocycles. The number of pyridine rings is 1. The molecule has 2 aromatic rings. The zero-order chi connectivity index (χ0) is 14.0. The lowest BCUT2D eigenvalue weighted by Crippen LogP contribution is -2.05. The highest BCUT2D eigenvalue weighted by Gasteiger charge is 2.16. The molecule has 1 atom stereocenters. The molecule has 2 rings (SSSR count). The van der Waals surface area contributed by atoms with Crippen LogP contribution in [0, 0.1) is 0 Å². The van der Waals surface area contributed by atoms with Crippen LogP contribution in [-0.4, -0.2) is 17.2 Å². The summed E-state index contributed by atoms with van der Waals surface area (Å²) >= 11 is 9.24. The first-order valence-electron chi connectivity index (χ1n) is 5.45. The molecule has 1 heterocycles. The number of rotatable bonds is 3. The van der Waals surface area contributed by atoms with Gasteiger partial charge in [0, 0.05) is 11.8 Å². The van der Waals surface area contributed by atoms with Crippen LogP contribution in [0.2, 0.25) is 5.02 Å². The number of ether oxygens (including phenoxy) is 1. The topological polar surface area (TPSA) is 68.4 Å². The van der Waals surface area contributed by atoms with Crippen molar-refractivity contribution < 1.29 is 9.84 Å². The maximum Gasteiger partial charge on any atom is 0.133 e. The van der Waals surface area contributed by atoms with Gasteiger partial charge in [-0.3, -0.25) is 0 Å². The average molecular weight is 344 g/mol. The Hall–Kier alpha value is -1.30. The molecule has 0 saturated carbocycles. The van der Waals surface area contributed by atoms with Crippen molar-refractivity contribution in [2.75, 3.05) is 12.8 Å². The van der Waals surface area contributed by atoms with Gasteiger partial charge in [-0.15, -0.1) is 0 Å².